The Bertz CT molecular complexity index is 1260. The van der Waals surface area contributed by atoms with Crippen molar-refractivity contribution in [3.8, 4) is 0 Å². The fraction of sp³-hybridized carbons (Fsp3) is 0.0952. The molecule has 1 atom stereocenters. The van der Waals surface area contributed by atoms with E-state index in [2.05, 4.69) is 27.8 Å². The van der Waals surface area contributed by atoms with Crippen molar-refractivity contribution >= 4 is 44.0 Å². The summed E-state index contributed by atoms with van der Waals surface area (Å²) in [6.45, 7) is 0.406. The van der Waals surface area contributed by atoms with Crippen molar-refractivity contribution in [2.24, 2.45) is 5.14 Å². The van der Waals surface area contributed by atoms with Crippen LogP contribution in [0.3, 0.4) is 0 Å². The third kappa shape index (κ3) is 4.38. The van der Waals surface area contributed by atoms with Crippen LogP contribution in [0.25, 0.3) is 10.9 Å². The van der Waals surface area contributed by atoms with Gasteiger partial charge in [0.1, 0.15) is 0 Å². The summed E-state index contributed by atoms with van der Waals surface area (Å²) in [6, 6.07) is 17.4. The van der Waals surface area contributed by atoms with E-state index in [9.17, 15) is 13.2 Å². The molecule has 0 saturated heterocycles. The normalized spacial score (nSPS) is 12.6. The van der Waals surface area contributed by atoms with E-state index in [0.717, 1.165) is 21.3 Å². The number of amides is 2. The fourth-order valence-corrected chi connectivity index (χ4v) is 4.70. The number of nitrogens with one attached hydrogen (secondary N) is 3. The molecule has 7 nitrogen and oxygen atoms in total. The summed E-state index contributed by atoms with van der Waals surface area (Å²) < 4.78 is 22.7. The maximum absolute atomic E-state index is 12.4. The van der Waals surface area contributed by atoms with Crippen molar-refractivity contribution < 1.29 is 13.2 Å². The number of fused-ring (bicyclic) bond motifs is 1. The van der Waals surface area contributed by atoms with Crippen molar-refractivity contribution in [2.45, 2.75) is 10.8 Å². The van der Waals surface area contributed by atoms with E-state index in [1.54, 1.807) is 11.3 Å². The highest BCUT2D eigenvalue weighted by atomic mass is 32.2. The second kappa shape index (κ2) is 8.31. The van der Waals surface area contributed by atoms with Gasteiger partial charge in [0.15, 0.2) is 0 Å². The first-order valence-corrected chi connectivity index (χ1v) is 11.6. The van der Waals surface area contributed by atoms with Crippen LogP contribution in [0.1, 0.15) is 16.4 Å². The summed E-state index contributed by atoms with van der Waals surface area (Å²) >= 11 is 1.64. The van der Waals surface area contributed by atoms with Crippen LogP contribution in [-0.2, 0) is 10.0 Å². The molecule has 0 aliphatic heterocycles. The molecule has 1 unspecified atom stereocenters. The molecule has 2 heterocycles. The lowest BCUT2D eigenvalue weighted by molar-refractivity contribution is 0.252. The van der Waals surface area contributed by atoms with Gasteiger partial charge in [0.2, 0.25) is 10.0 Å². The van der Waals surface area contributed by atoms with Gasteiger partial charge in [0, 0.05) is 40.1 Å². The van der Waals surface area contributed by atoms with Crippen LogP contribution in [0.5, 0.6) is 0 Å². The third-order valence-corrected chi connectivity index (χ3v) is 6.71. The van der Waals surface area contributed by atoms with E-state index in [0.29, 0.717) is 12.2 Å². The smallest absolute Gasteiger partial charge is 0.319 e. The molecule has 0 aliphatic rings. The molecule has 0 spiro atoms. The van der Waals surface area contributed by atoms with Gasteiger partial charge in [-0.05, 0) is 47.3 Å². The number of para-hydroxylation sites is 1. The molecule has 4 aromatic rings. The van der Waals surface area contributed by atoms with Gasteiger partial charge in [-0.2, -0.15) is 0 Å². The summed E-state index contributed by atoms with van der Waals surface area (Å²) in [7, 11) is -3.77. The topological polar surface area (TPSA) is 117 Å². The van der Waals surface area contributed by atoms with Crippen LogP contribution in [0, 0.1) is 0 Å². The zero-order chi connectivity index (χ0) is 21.1. The average molecular weight is 441 g/mol. The first kappa shape index (κ1) is 20.1. The Morgan fingerprint density at radius 2 is 1.83 bits per heavy atom. The third-order valence-electron chi connectivity index (χ3n) is 4.79. The summed E-state index contributed by atoms with van der Waals surface area (Å²) in [5.74, 6) is -0.00309. The molecule has 30 heavy (non-hydrogen) atoms. The van der Waals surface area contributed by atoms with Crippen molar-refractivity contribution in [1.82, 2.24) is 10.3 Å². The van der Waals surface area contributed by atoms with Gasteiger partial charge in [-0.15, -0.1) is 11.3 Å². The highest BCUT2D eigenvalue weighted by molar-refractivity contribution is 7.89. The number of primary sulfonamides is 1. The Labute approximate surface area is 178 Å². The molecular weight excluding hydrogens is 420 g/mol. The van der Waals surface area contributed by atoms with Gasteiger partial charge in [0.25, 0.3) is 0 Å². The summed E-state index contributed by atoms with van der Waals surface area (Å²) in [6.07, 6.45) is 1.99. The minimum absolute atomic E-state index is 0.00309. The fourth-order valence-electron chi connectivity index (χ4n) is 3.33. The number of rotatable bonds is 6. The first-order chi connectivity index (χ1) is 14.4. The number of hydrogen-bond donors (Lipinski definition) is 4. The van der Waals surface area contributed by atoms with E-state index in [1.807, 2.05) is 35.8 Å². The molecule has 2 aromatic carbocycles. The van der Waals surface area contributed by atoms with Gasteiger partial charge in [0.05, 0.1) is 4.90 Å². The van der Waals surface area contributed by atoms with Gasteiger partial charge in [-0.1, -0.05) is 24.3 Å². The predicted molar refractivity (Wildman–Crippen MR) is 119 cm³/mol. The Morgan fingerprint density at radius 3 is 2.53 bits per heavy atom. The van der Waals surface area contributed by atoms with Crippen molar-refractivity contribution in [1.29, 1.82) is 0 Å². The SMILES string of the molecule is NS(=O)(=O)c1ccc(NC(=O)NCC(c2cccs2)c2c[nH]c3ccccc23)cc1. The Balaban J connectivity index is 1.48. The number of anilines is 1. The molecule has 2 aromatic heterocycles. The van der Waals surface area contributed by atoms with Gasteiger partial charge < -0.3 is 15.6 Å². The van der Waals surface area contributed by atoms with Gasteiger partial charge in [-0.25, -0.2) is 18.4 Å². The van der Waals surface area contributed by atoms with Crippen LogP contribution < -0.4 is 15.8 Å². The summed E-state index contributed by atoms with van der Waals surface area (Å²) in [4.78, 5) is 16.9. The zero-order valence-electron chi connectivity index (χ0n) is 15.8. The van der Waals surface area contributed by atoms with Gasteiger partial charge in [-0.3, -0.25) is 0 Å². The standard InChI is InChI=1S/C21H20N4O3S2/c22-30(27,28)15-9-7-14(8-10-15)25-21(26)24-13-18(20-6-3-11-29-20)17-12-23-19-5-2-1-4-16(17)19/h1-12,18,23H,13H2,(H2,22,27,28)(H2,24,25,26). The van der Waals surface area contributed by atoms with Gasteiger partial charge >= 0.3 is 6.03 Å². The highest BCUT2D eigenvalue weighted by Crippen LogP contribution is 2.32. The number of benzene rings is 2. The number of hydrogen-bond acceptors (Lipinski definition) is 4. The van der Waals surface area contributed by atoms with E-state index >= 15 is 0 Å². The van der Waals surface area contributed by atoms with E-state index in [4.69, 9.17) is 5.14 Å². The summed E-state index contributed by atoms with van der Waals surface area (Å²) in [5, 5.41) is 13.9. The molecular formula is C21H20N4O3S2. The number of carbonyl (C=O) groups excluding carboxylic acids is 1. The minimum atomic E-state index is -3.77. The lowest BCUT2D eigenvalue weighted by Crippen LogP contribution is -2.32. The predicted octanol–water partition coefficient (Wildman–Crippen LogP) is 3.83. The second-order valence-corrected chi connectivity index (χ2v) is 9.30. The van der Waals surface area contributed by atoms with Crippen LogP contribution in [0.4, 0.5) is 10.5 Å². The molecule has 0 fully saturated rings. The van der Waals surface area contributed by atoms with Crippen LogP contribution in [0.2, 0.25) is 0 Å². The number of aromatic amines is 1. The van der Waals surface area contributed by atoms with Crippen LogP contribution in [-0.4, -0.2) is 26.0 Å². The largest absolute Gasteiger partial charge is 0.361 e. The van der Waals surface area contributed by atoms with Crippen LogP contribution in [0.15, 0.2) is 77.1 Å². The quantitative estimate of drug-likeness (QED) is 0.365. The number of urea groups is 1. The number of nitrogens with two attached hydrogens (primary N) is 1. The Morgan fingerprint density at radius 1 is 1.07 bits per heavy atom. The van der Waals surface area contributed by atoms with E-state index in [1.165, 1.54) is 24.3 Å². The molecule has 4 rings (SSSR count). The van der Waals surface area contributed by atoms with Crippen molar-refractivity contribution in [3.05, 3.63) is 82.7 Å². The zero-order valence-corrected chi connectivity index (χ0v) is 17.5. The second-order valence-electron chi connectivity index (χ2n) is 6.76. The molecule has 154 valence electrons. The minimum Gasteiger partial charge on any atom is -0.361 e. The Hall–Kier alpha value is -3.14. The van der Waals surface area contributed by atoms with E-state index < -0.39 is 10.0 Å². The van der Waals surface area contributed by atoms with Crippen molar-refractivity contribution in [3.63, 3.8) is 0 Å². The molecule has 0 aliphatic carbocycles. The first-order valence-electron chi connectivity index (χ1n) is 9.19. The maximum Gasteiger partial charge on any atom is 0.319 e. The van der Waals surface area contributed by atoms with Crippen LogP contribution >= 0.6 is 11.3 Å². The number of aromatic nitrogens is 1. The monoisotopic (exact) mass is 440 g/mol. The lowest BCUT2D eigenvalue weighted by atomic mass is 9.97. The molecule has 9 heteroatoms. The van der Waals surface area contributed by atoms with Crippen molar-refractivity contribution in [2.75, 3.05) is 11.9 Å². The summed E-state index contributed by atoms with van der Waals surface area (Å²) in [5.41, 5.74) is 2.64. The molecule has 0 radical (unpaired) electrons. The molecule has 5 N–H and O–H groups in total. The number of thiophene rings is 1. The molecule has 2 amide bonds. The highest BCUT2D eigenvalue weighted by Gasteiger charge is 2.20. The molecule has 0 bridgehead atoms. The molecule has 0 saturated carbocycles. The maximum atomic E-state index is 12.4. The Kier molecular flexibility index (Phi) is 5.58. The number of sulfonamides is 1. The number of H-pyrrole nitrogens is 1. The average Bonchev–Trinajstić information content (AvgIpc) is 3.39. The van der Waals surface area contributed by atoms with E-state index in [-0.39, 0.29) is 16.8 Å². The number of carbonyl (C=O) groups is 1. The lowest BCUT2D eigenvalue weighted by Gasteiger charge is -2.17.